The molecule has 0 bridgehead atoms. The molecule has 0 spiro atoms. The zero-order valence-electron chi connectivity index (χ0n) is 25.7. The zero-order valence-corrected chi connectivity index (χ0v) is 25.7. The van der Waals surface area contributed by atoms with Gasteiger partial charge in [0.05, 0.1) is 35.3 Å². The first-order valence-electron chi connectivity index (χ1n) is 14.6. The number of allylic oxidation sites excluding steroid dienone is 1. The highest BCUT2D eigenvalue weighted by Gasteiger charge is 2.38. The van der Waals surface area contributed by atoms with E-state index in [1.807, 2.05) is 18.7 Å². The Balaban J connectivity index is 1.73. The molecule has 0 fully saturated rings. The quantitative estimate of drug-likeness (QED) is 0.108. The number of esters is 1. The maximum atomic E-state index is 13.2. The van der Waals surface area contributed by atoms with Crippen molar-refractivity contribution in [1.29, 1.82) is 0 Å². The van der Waals surface area contributed by atoms with Crippen LogP contribution in [0, 0.1) is 10.1 Å². The van der Waals surface area contributed by atoms with Crippen LogP contribution in [0.1, 0.15) is 46.6 Å². The Kier molecular flexibility index (Phi) is 12.3. The number of aliphatic hydroxyl groups excluding tert-OH is 1. The summed E-state index contributed by atoms with van der Waals surface area (Å²) in [5.41, 5.74) is 0.576. The first-order valence-corrected chi connectivity index (χ1v) is 14.6. The number of carbonyl (C=O) groups excluding carboxylic acids is 1. The molecule has 12 nitrogen and oxygen atoms in total. The van der Waals surface area contributed by atoms with Crippen molar-refractivity contribution in [3.8, 4) is 11.5 Å². The van der Waals surface area contributed by atoms with Gasteiger partial charge in [0.2, 0.25) is 0 Å². The molecule has 0 saturated heterocycles. The summed E-state index contributed by atoms with van der Waals surface area (Å²) in [6, 6.07) is 12.3. The van der Waals surface area contributed by atoms with E-state index >= 15 is 0 Å². The van der Waals surface area contributed by atoms with Crippen LogP contribution in [0.2, 0.25) is 0 Å². The molecule has 3 rings (SSSR count). The average molecular weight is 612 g/mol. The van der Waals surface area contributed by atoms with Crippen LogP contribution in [-0.2, 0) is 14.3 Å². The molecule has 0 amide bonds. The molecule has 1 heterocycles. The van der Waals surface area contributed by atoms with E-state index in [2.05, 4.69) is 5.32 Å². The third-order valence-corrected chi connectivity index (χ3v) is 7.09. The number of aliphatic hydroxyl groups is 1. The molecular weight excluding hydrogens is 570 g/mol. The number of aliphatic carboxylic acids is 1. The van der Waals surface area contributed by atoms with E-state index < -0.39 is 29.0 Å². The van der Waals surface area contributed by atoms with Crippen LogP contribution in [0.15, 0.2) is 65.4 Å². The Labute approximate surface area is 257 Å². The number of non-ortho nitro benzene ring substituents is 1. The summed E-state index contributed by atoms with van der Waals surface area (Å²) in [6.07, 6.45) is -0.129. The molecule has 0 saturated carbocycles. The number of hydrogen-bond donors (Lipinski definition) is 3. The predicted octanol–water partition coefficient (Wildman–Crippen LogP) is 4.18. The second-order valence-corrected chi connectivity index (χ2v) is 10.7. The fourth-order valence-electron chi connectivity index (χ4n) is 4.97. The fraction of sp³-hybridized carbons (Fsp3) is 0.438. The number of nitro groups is 1. The minimum Gasteiger partial charge on any atom is -0.494 e. The van der Waals surface area contributed by atoms with Crippen molar-refractivity contribution in [3.63, 3.8) is 0 Å². The lowest BCUT2D eigenvalue weighted by Crippen LogP contribution is -2.42. The Morgan fingerprint density at radius 2 is 1.77 bits per heavy atom. The van der Waals surface area contributed by atoms with Gasteiger partial charge in [-0.15, -0.1) is 0 Å². The number of nitrogens with zero attached hydrogens (tertiary/aromatic N) is 2. The number of carboxylic acid groups (broad SMARTS) is 1. The summed E-state index contributed by atoms with van der Waals surface area (Å²) < 4.78 is 16.8. The second-order valence-electron chi connectivity index (χ2n) is 10.7. The number of nitrogens with one attached hydrogen (secondary N) is 1. The Morgan fingerprint density at radius 1 is 1.11 bits per heavy atom. The van der Waals surface area contributed by atoms with Crippen LogP contribution in [0.5, 0.6) is 11.5 Å². The Bertz CT molecular complexity index is 1390. The molecule has 12 heteroatoms. The molecule has 44 heavy (non-hydrogen) atoms. The summed E-state index contributed by atoms with van der Waals surface area (Å²) in [5.74, 6) is -0.725. The van der Waals surface area contributed by atoms with Crippen molar-refractivity contribution in [2.45, 2.75) is 59.2 Å². The van der Waals surface area contributed by atoms with Crippen LogP contribution < -0.4 is 14.8 Å². The molecule has 238 valence electrons. The summed E-state index contributed by atoms with van der Waals surface area (Å²) in [5, 5.41) is 34.9. The topological polar surface area (TPSA) is 161 Å². The summed E-state index contributed by atoms with van der Waals surface area (Å²) in [6.45, 7) is 10.5. The van der Waals surface area contributed by atoms with Crippen molar-refractivity contribution in [2.24, 2.45) is 0 Å². The largest absolute Gasteiger partial charge is 0.494 e. The van der Waals surface area contributed by atoms with E-state index in [1.54, 1.807) is 51.1 Å². The summed E-state index contributed by atoms with van der Waals surface area (Å²) in [7, 11) is 0. The Hall–Kier alpha value is -4.42. The number of carbonyl (C=O) groups is 2. The molecule has 2 aromatic rings. The van der Waals surface area contributed by atoms with E-state index in [-0.39, 0.29) is 47.2 Å². The normalized spacial score (nSPS) is 15.8. The minimum absolute atomic E-state index is 0.0793. The van der Waals surface area contributed by atoms with Gasteiger partial charge >= 0.3 is 11.9 Å². The molecule has 2 aromatic carbocycles. The van der Waals surface area contributed by atoms with Gasteiger partial charge in [-0.3, -0.25) is 10.1 Å². The van der Waals surface area contributed by atoms with Crippen molar-refractivity contribution in [2.75, 3.05) is 32.9 Å². The van der Waals surface area contributed by atoms with Gasteiger partial charge in [0.15, 0.2) is 0 Å². The second kappa shape index (κ2) is 15.9. The molecular formula is C32H41N3O9. The monoisotopic (exact) mass is 611 g/mol. The van der Waals surface area contributed by atoms with Crippen molar-refractivity contribution < 1.29 is 38.9 Å². The Morgan fingerprint density at radius 3 is 2.36 bits per heavy atom. The summed E-state index contributed by atoms with van der Waals surface area (Å²) in [4.78, 5) is 38.5. The van der Waals surface area contributed by atoms with Crippen LogP contribution >= 0.6 is 0 Å². The van der Waals surface area contributed by atoms with Gasteiger partial charge in [0, 0.05) is 42.5 Å². The van der Waals surface area contributed by atoms with E-state index in [0.717, 1.165) is 0 Å². The maximum Gasteiger partial charge on any atom is 0.338 e. The number of nitro benzene ring substituents is 1. The van der Waals surface area contributed by atoms with E-state index in [4.69, 9.17) is 14.2 Å². The van der Waals surface area contributed by atoms with Gasteiger partial charge in [-0.1, -0.05) is 26.0 Å². The standard InChI is InChI=1S/C32H41N3O9/c1-6-42-32(39)29-22(5)34(21(4)28(31(37)38)30(29)23-9-7-10-24(17-23)35(40)41)15-8-16-43-26-11-13-27(14-12-26)44-19-25(36)18-33-20(2)3/h7,9-14,17,20,22,25,33,36H,6,8,15-16,18-19H2,1-5H3,(H,37,38). The van der Waals surface area contributed by atoms with Crippen LogP contribution in [0.25, 0.3) is 5.57 Å². The van der Waals surface area contributed by atoms with Crippen LogP contribution in [0.3, 0.4) is 0 Å². The van der Waals surface area contributed by atoms with E-state index in [1.165, 1.54) is 18.2 Å². The molecule has 1 aliphatic rings. The van der Waals surface area contributed by atoms with E-state index in [0.29, 0.717) is 43.3 Å². The molecule has 3 N–H and O–H groups in total. The first-order chi connectivity index (χ1) is 20.9. The van der Waals surface area contributed by atoms with Gasteiger partial charge in [0.1, 0.15) is 24.2 Å². The highest BCUT2D eigenvalue weighted by Crippen LogP contribution is 2.39. The third kappa shape index (κ3) is 8.80. The molecule has 2 atom stereocenters. The number of ether oxygens (including phenoxy) is 3. The lowest BCUT2D eigenvalue weighted by molar-refractivity contribution is -0.384. The molecule has 0 aliphatic carbocycles. The molecule has 1 aliphatic heterocycles. The molecule has 0 radical (unpaired) electrons. The van der Waals surface area contributed by atoms with Gasteiger partial charge in [0.25, 0.3) is 5.69 Å². The predicted molar refractivity (Wildman–Crippen MR) is 164 cm³/mol. The van der Waals surface area contributed by atoms with Gasteiger partial charge < -0.3 is 34.6 Å². The first kappa shape index (κ1) is 34.1. The highest BCUT2D eigenvalue weighted by atomic mass is 16.6. The number of rotatable bonds is 16. The third-order valence-electron chi connectivity index (χ3n) is 7.09. The van der Waals surface area contributed by atoms with Crippen molar-refractivity contribution in [1.82, 2.24) is 10.2 Å². The summed E-state index contributed by atoms with van der Waals surface area (Å²) >= 11 is 0. The fourth-order valence-corrected chi connectivity index (χ4v) is 4.97. The zero-order chi connectivity index (χ0) is 32.4. The van der Waals surface area contributed by atoms with Crippen molar-refractivity contribution in [3.05, 3.63) is 81.1 Å². The maximum absolute atomic E-state index is 13.2. The van der Waals surface area contributed by atoms with Crippen LogP contribution in [0.4, 0.5) is 5.69 Å². The van der Waals surface area contributed by atoms with Crippen LogP contribution in [-0.4, -0.2) is 83.1 Å². The highest BCUT2D eigenvalue weighted by molar-refractivity contribution is 6.14. The molecule has 2 unspecified atom stereocenters. The lowest BCUT2D eigenvalue weighted by Gasteiger charge is -2.39. The number of benzene rings is 2. The van der Waals surface area contributed by atoms with Gasteiger partial charge in [-0.05, 0) is 57.0 Å². The number of carboxylic acids is 1. The van der Waals surface area contributed by atoms with Gasteiger partial charge in [-0.2, -0.15) is 0 Å². The van der Waals surface area contributed by atoms with Crippen molar-refractivity contribution >= 4 is 23.2 Å². The SMILES string of the molecule is CCOC(=O)C1=C(c2cccc([N+](=O)[O-])c2)C(C(=O)O)=C(C)N(CCCOc2ccc(OCC(O)CNC(C)C)cc2)C1C. The van der Waals surface area contributed by atoms with E-state index in [9.17, 15) is 29.9 Å². The number of hydrogen-bond acceptors (Lipinski definition) is 10. The smallest absolute Gasteiger partial charge is 0.338 e. The lowest BCUT2D eigenvalue weighted by atomic mass is 9.84. The minimum atomic E-state index is -1.26. The average Bonchev–Trinajstić information content (AvgIpc) is 2.98. The molecule has 0 aromatic heterocycles. The van der Waals surface area contributed by atoms with Gasteiger partial charge in [-0.25, -0.2) is 9.59 Å².